The number of carbonyl (C=O) groups excluding carboxylic acids is 1. The van der Waals surface area contributed by atoms with Crippen molar-refractivity contribution in [2.75, 3.05) is 18.9 Å². The Balaban J connectivity index is 2.14. The van der Waals surface area contributed by atoms with E-state index in [-0.39, 0.29) is 11.8 Å². The molecule has 1 heterocycles. The Morgan fingerprint density at radius 3 is 2.75 bits per heavy atom. The fraction of sp³-hybridized carbons (Fsp3) is 0.588. The Morgan fingerprint density at radius 2 is 2.05 bits per heavy atom. The van der Waals surface area contributed by atoms with Gasteiger partial charge in [-0.3, -0.25) is 4.79 Å². The summed E-state index contributed by atoms with van der Waals surface area (Å²) in [6.07, 6.45) is 1.93. The largest absolute Gasteiger partial charge is 0.385 e. The van der Waals surface area contributed by atoms with Crippen molar-refractivity contribution in [2.24, 2.45) is 5.92 Å². The molecule has 1 amide bonds. The smallest absolute Gasteiger partial charge is 0.230 e. The van der Waals surface area contributed by atoms with Crippen LogP contribution in [0.4, 0.5) is 5.69 Å². The zero-order chi connectivity index (χ0) is 14.7. The van der Waals surface area contributed by atoms with E-state index in [1.807, 2.05) is 24.1 Å². The number of nitrogens with zero attached hydrogens (tertiary/aromatic N) is 1. The second-order valence-electron chi connectivity index (χ2n) is 6.28. The molecule has 0 saturated carbocycles. The highest BCUT2D eigenvalue weighted by atomic mass is 16.2. The van der Waals surface area contributed by atoms with Crippen LogP contribution in [0.3, 0.4) is 0 Å². The van der Waals surface area contributed by atoms with Gasteiger partial charge in [-0.05, 0) is 37.3 Å². The van der Waals surface area contributed by atoms with Crippen LogP contribution in [0.5, 0.6) is 0 Å². The minimum absolute atomic E-state index is 0.00654. The zero-order valence-corrected chi connectivity index (χ0v) is 13.0. The van der Waals surface area contributed by atoms with E-state index in [9.17, 15) is 4.79 Å². The lowest BCUT2D eigenvalue weighted by molar-refractivity contribution is -0.133. The summed E-state index contributed by atoms with van der Waals surface area (Å²) in [5, 5.41) is 3.38. The zero-order valence-electron chi connectivity index (χ0n) is 13.0. The van der Waals surface area contributed by atoms with Crippen LogP contribution in [-0.4, -0.2) is 30.4 Å². The fourth-order valence-corrected chi connectivity index (χ4v) is 3.03. The van der Waals surface area contributed by atoms with E-state index >= 15 is 0 Å². The van der Waals surface area contributed by atoms with Crippen molar-refractivity contribution < 1.29 is 4.79 Å². The van der Waals surface area contributed by atoms with E-state index in [2.05, 4.69) is 38.2 Å². The summed E-state index contributed by atoms with van der Waals surface area (Å²) < 4.78 is 0. The lowest BCUT2D eigenvalue weighted by Crippen LogP contribution is -2.40. The number of amides is 1. The number of carbonyl (C=O) groups is 1. The Hall–Kier alpha value is -1.51. The molecule has 1 aliphatic rings. The van der Waals surface area contributed by atoms with Gasteiger partial charge in [-0.15, -0.1) is 0 Å². The number of benzene rings is 1. The summed E-state index contributed by atoms with van der Waals surface area (Å²) in [5.74, 6) is 0.875. The summed E-state index contributed by atoms with van der Waals surface area (Å²) in [7, 11) is 1.94. The van der Waals surface area contributed by atoms with Gasteiger partial charge >= 0.3 is 0 Å². The van der Waals surface area contributed by atoms with Gasteiger partial charge in [0.15, 0.2) is 0 Å². The Labute approximate surface area is 122 Å². The number of nitrogens with one attached hydrogen (secondary N) is 1. The van der Waals surface area contributed by atoms with E-state index < -0.39 is 0 Å². The molecule has 0 saturated heterocycles. The third-order valence-corrected chi connectivity index (χ3v) is 4.20. The van der Waals surface area contributed by atoms with Crippen LogP contribution in [0.15, 0.2) is 24.3 Å². The van der Waals surface area contributed by atoms with Crippen molar-refractivity contribution in [3.05, 3.63) is 29.8 Å². The van der Waals surface area contributed by atoms with Crippen LogP contribution in [0, 0.1) is 5.92 Å². The van der Waals surface area contributed by atoms with Crippen LogP contribution in [0.1, 0.15) is 45.1 Å². The van der Waals surface area contributed by atoms with Crippen molar-refractivity contribution in [1.82, 2.24) is 4.90 Å². The van der Waals surface area contributed by atoms with Gasteiger partial charge in [0, 0.05) is 25.3 Å². The molecule has 0 fully saturated rings. The number of hydrogen-bond acceptors (Lipinski definition) is 2. The van der Waals surface area contributed by atoms with Gasteiger partial charge < -0.3 is 10.2 Å². The van der Waals surface area contributed by atoms with Crippen molar-refractivity contribution in [3.8, 4) is 0 Å². The van der Waals surface area contributed by atoms with E-state index in [4.69, 9.17) is 0 Å². The van der Waals surface area contributed by atoms with E-state index in [0.29, 0.717) is 12.0 Å². The molecule has 2 unspecified atom stereocenters. The monoisotopic (exact) mass is 274 g/mol. The third kappa shape index (κ3) is 3.14. The maximum absolute atomic E-state index is 12.8. The number of anilines is 1. The number of likely N-dealkylation sites (N-methyl/N-ethyl adjacent to an activating group) is 1. The second kappa shape index (κ2) is 6.29. The molecule has 110 valence electrons. The quantitative estimate of drug-likeness (QED) is 0.911. The molecule has 3 nitrogen and oxygen atoms in total. The predicted octanol–water partition coefficient (Wildman–Crippen LogP) is 3.48. The Bertz CT molecular complexity index is 470. The normalized spacial score (nSPS) is 19.1. The molecule has 1 aliphatic heterocycles. The van der Waals surface area contributed by atoms with Crippen LogP contribution < -0.4 is 5.32 Å². The molecule has 1 aromatic rings. The van der Waals surface area contributed by atoms with Gasteiger partial charge in [0.2, 0.25) is 5.91 Å². The first-order chi connectivity index (χ1) is 9.50. The Morgan fingerprint density at radius 1 is 1.35 bits per heavy atom. The van der Waals surface area contributed by atoms with Crippen molar-refractivity contribution >= 4 is 11.6 Å². The molecule has 1 aromatic carbocycles. The predicted molar refractivity (Wildman–Crippen MR) is 84.0 cm³/mol. The average molecular weight is 274 g/mol. The Kier molecular flexibility index (Phi) is 4.69. The van der Waals surface area contributed by atoms with Gasteiger partial charge in [0.05, 0.1) is 5.92 Å². The lowest BCUT2D eigenvalue weighted by Gasteiger charge is -2.33. The van der Waals surface area contributed by atoms with Gasteiger partial charge in [-0.25, -0.2) is 0 Å². The maximum Gasteiger partial charge on any atom is 0.230 e. The van der Waals surface area contributed by atoms with Crippen LogP contribution in [0.25, 0.3) is 0 Å². The van der Waals surface area contributed by atoms with E-state index in [1.54, 1.807) is 0 Å². The van der Waals surface area contributed by atoms with E-state index in [0.717, 1.165) is 30.6 Å². The molecule has 0 aliphatic carbocycles. The summed E-state index contributed by atoms with van der Waals surface area (Å²) in [6.45, 7) is 7.42. The standard InChI is InChI=1S/C17H26N2O/c1-12(2)11-13(3)19(4)17(20)15-9-10-18-16-8-6-5-7-14(15)16/h5-8,12-13,15,18H,9-11H2,1-4H3. The molecule has 0 bridgehead atoms. The molecular formula is C17H26N2O. The van der Waals surface area contributed by atoms with E-state index in [1.165, 1.54) is 0 Å². The number of fused-ring (bicyclic) bond motifs is 1. The van der Waals surface area contributed by atoms with Crippen LogP contribution in [0.2, 0.25) is 0 Å². The summed E-state index contributed by atoms with van der Waals surface area (Å²) in [4.78, 5) is 14.7. The minimum atomic E-state index is 0.00654. The fourth-order valence-electron chi connectivity index (χ4n) is 3.03. The maximum atomic E-state index is 12.8. The lowest BCUT2D eigenvalue weighted by atomic mass is 9.89. The summed E-state index contributed by atoms with van der Waals surface area (Å²) in [6, 6.07) is 8.47. The number of para-hydroxylation sites is 1. The molecule has 2 atom stereocenters. The third-order valence-electron chi connectivity index (χ3n) is 4.20. The van der Waals surface area contributed by atoms with Crippen molar-refractivity contribution in [2.45, 2.75) is 45.6 Å². The molecule has 20 heavy (non-hydrogen) atoms. The first-order valence-corrected chi connectivity index (χ1v) is 7.60. The van der Waals surface area contributed by atoms with Crippen LogP contribution >= 0.6 is 0 Å². The topological polar surface area (TPSA) is 32.3 Å². The molecule has 3 heteroatoms. The minimum Gasteiger partial charge on any atom is -0.385 e. The molecular weight excluding hydrogens is 248 g/mol. The molecule has 0 spiro atoms. The van der Waals surface area contributed by atoms with Gasteiger partial charge in [0.1, 0.15) is 0 Å². The second-order valence-corrected chi connectivity index (χ2v) is 6.28. The van der Waals surface area contributed by atoms with Crippen molar-refractivity contribution in [3.63, 3.8) is 0 Å². The first kappa shape index (κ1) is 14.9. The van der Waals surface area contributed by atoms with Crippen molar-refractivity contribution in [1.29, 1.82) is 0 Å². The molecule has 2 rings (SSSR count). The number of hydrogen-bond donors (Lipinski definition) is 1. The highest BCUT2D eigenvalue weighted by Crippen LogP contribution is 2.33. The van der Waals surface area contributed by atoms with Crippen LogP contribution in [-0.2, 0) is 4.79 Å². The average Bonchev–Trinajstić information content (AvgIpc) is 2.44. The summed E-state index contributed by atoms with van der Waals surface area (Å²) >= 11 is 0. The summed E-state index contributed by atoms with van der Waals surface area (Å²) in [5.41, 5.74) is 2.26. The van der Waals surface area contributed by atoms with Gasteiger partial charge in [-0.1, -0.05) is 32.0 Å². The molecule has 0 radical (unpaired) electrons. The van der Waals surface area contributed by atoms with Gasteiger partial charge in [0.25, 0.3) is 0 Å². The highest BCUT2D eigenvalue weighted by Gasteiger charge is 2.30. The number of rotatable bonds is 4. The first-order valence-electron chi connectivity index (χ1n) is 7.60. The SMILES string of the molecule is CC(C)CC(C)N(C)C(=O)C1CCNc2ccccc21. The van der Waals surface area contributed by atoms with Gasteiger partial charge in [-0.2, -0.15) is 0 Å². The molecule has 0 aromatic heterocycles. The highest BCUT2D eigenvalue weighted by molar-refractivity contribution is 5.86. The molecule has 1 N–H and O–H groups in total.